The highest BCUT2D eigenvalue weighted by molar-refractivity contribution is 6.32. The second kappa shape index (κ2) is 12.9. The molecule has 1 amide bonds. The average molecular weight is 463 g/mol. The number of nitrogens with zero attached hydrogens (tertiary/aromatic N) is 1. The van der Waals surface area contributed by atoms with Crippen LogP contribution in [0.15, 0.2) is 42.5 Å². The van der Waals surface area contributed by atoms with Gasteiger partial charge in [-0.15, -0.1) is 0 Å². The predicted molar refractivity (Wildman–Crippen MR) is 124 cm³/mol. The molecule has 0 fully saturated rings. The van der Waals surface area contributed by atoms with Gasteiger partial charge in [0.2, 0.25) is 0 Å². The van der Waals surface area contributed by atoms with Crippen LogP contribution in [0.5, 0.6) is 11.5 Å². The van der Waals surface area contributed by atoms with Gasteiger partial charge in [0.15, 0.2) is 0 Å². The van der Waals surface area contributed by atoms with Crippen LogP contribution in [0.1, 0.15) is 35.7 Å². The van der Waals surface area contributed by atoms with Crippen LogP contribution in [0.4, 0.5) is 0 Å². The van der Waals surface area contributed by atoms with Gasteiger partial charge >= 0.3 is 5.97 Å². The topological polar surface area (TPSA) is 88.1 Å². The summed E-state index contributed by atoms with van der Waals surface area (Å²) in [5, 5.41) is 13.2. The number of phenols is 1. The Labute approximate surface area is 194 Å². The molecule has 7 nitrogen and oxygen atoms in total. The maximum absolute atomic E-state index is 12.8. The van der Waals surface area contributed by atoms with E-state index < -0.39 is 17.9 Å². The average Bonchev–Trinajstić information content (AvgIpc) is 2.75. The van der Waals surface area contributed by atoms with E-state index in [9.17, 15) is 14.7 Å². The van der Waals surface area contributed by atoms with Gasteiger partial charge in [0.05, 0.1) is 23.8 Å². The molecule has 0 spiro atoms. The van der Waals surface area contributed by atoms with Crippen LogP contribution in [-0.4, -0.2) is 61.8 Å². The van der Waals surface area contributed by atoms with E-state index >= 15 is 0 Å². The molecule has 1 atom stereocenters. The van der Waals surface area contributed by atoms with E-state index in [1.54, 1.807) is 6.92 Å². The third-order valence-electron chi connectivity index (χ3n) is 4.71. The number of halogens is 1. The number of esters is 1. The summed E-state index contributed by atoms with van der Waals surface area (Å²) in [6.45, 7) is 3.29. The van der Waals surface area contributed by atoms with Crippen molar-refractivity contribution in [3.8, 4) is 11.5 Å². The molecule has 0 heterocycles. The van der Waals surface area contributed by atoms with E-state index in [-0.39, 0.29) is 29.4 Å². The van der Waals surface area contributed by atoms with Gasteiger partial charge in [0.25, 0.3) is 5.91 Å². The molecule has 2 N–H and O–H groups in total. The highest BCUT2D eigenvalue weighted by Gasteiger charge is 2.25. The normalized spacial score (nSPS) is 11.8. The smallest absolute Gasteiger partial charge is 0.328 e. The second-order valence-electron chi connectivity index (χ2n) is 7.63. The molecule has 0 aliphatic rings. The Hall–Kier alpha value is -2.77. The van der Waals surface area contributed by atoms with Crippen molar-refractivity contribution < 1.29 is 24.2 Å². The van der Waals surface area contributed by atoms with Gasteiger partial charge in [-0.05, 0) is 52.0 Å². The first kappa shape index (κ1) is 25.5. The number of nitrogens with one attached hydrogen (secondary N) is 1. The van der Waals surface area contributed by atoms with Crippen LogP contribution in [0.3, 0.4) is 0 Å². The van der Waals surface area contributed by atoms with Crippen molar-refractivity contribution in [1.29, 1.82) is 0 Å². The molecular weight excluding hydrogens is 432 g/mol. The van der Waals surface area contributed by atoms with Crippen LogP contribution < -0.4 is 10.1 Å². The third kappa shape index (κ3) is 8.05. The van der Waals surface area contributed by atoms with Gasteiger partial charge in [-0.25, -0.2) is 4.79 Å². The first-order chi connectivity index (χ1) is 15.3. The monoisotopic (exact) mass is 462 g/mol. The van der Waals surface area contributed by atoms with Gasteiger partial charge in [0, 0.05) is 12.5 Å². The van der Waals surface area contributed by atoms with Crippen LogP contribution in [0, 0.1) is 0 Å². The van der Waals surface area contributed by atoms with E-state index in [0.717, 1.165) is 24.9 Å². The lowest BCUT2D eigenvalue weighted by Gasteiger charge is -2.18. The summed E-state index contributed by atoms with van der Waals surface area (Å²) < 4.78 is 10.7. The molecule has 0 aliphatic heterocycles. The van der Waals surface area contributed by atoms with E-state index in [0.29, 0.717) is 12.4 Å². The summed E-state index contributed by atoms with van der Waals surface area (Å²) in [7, 11) is 4.01. The Bertz CT molecular complexity index is 889. The number of carbonyl (C=O) groups is 2. The van der Waals surface area contributed by atoms with E-state index in [1.807, 2.05) is 44.4 Å². The zero-order valence-corrected chi connectivity index (χ0v) is 19.5. The number of rotatable bonds is 12. The van der Waals surface area contributed by atoms with Crippen molar-refractivity contribution in [2.24, 2.45) is 0 Å². The van der Waals surface area contributed by atoms with Gasteiger partial charge in [0.1, 0.15) is 17.5 Å². The Morgan fingerprint density at radius 1 is 1.16 bits per heavy atom. The number of amides is 1. The molecule has 0 radical (unpaired) electrons. The number of aromatic hydroxyl groups is 1. The molecule has 2 rings (SSSR count). The molecule has 174 valence electrons. The highest BCUT2D eigenvalue weighted by Crippen LogP contribution is 2.32. The number of hydrogen-bond acceptors (Lipinski definition) is 6. The fourth-order valence-electron chi connectivity index (χ4n) is 3.07. The van der Waals surface area contributed by atoms with Crippen LogP contribution in [-0.2, 0) is 16.0 Å². The Morgan fingerprint density at radius 3 is 2.53 bits per heavy atom. The van der Waals surface area contributed by atoms with E-state index in [4.69, 9.17) is 21.1 Å². The molecular formula is C24H31ClN2O5. The SMILES string of the molecule is CCOC(=O)[C@@H](Cc1ccccc1)NC(=O)c1cc(Cl)c(OCCCCN(C)C)cc1O. The summed E-state index contributed by atoms with van der Waals surface area (Å²) in [6, 6.07) is 11.0. The van der Waals surface area contributed by atoms with E-state index in [1.165, 1.54) is 12.1 Å². The lowest BCUT2D eigenvalue weighted by molar-refractivity contribution is -0.145. The van der Waals surface area contributed by atoms with E-state index in [2.05, 4.69) is 10.2 Å². The number of hydrogen-bond donors (Lipinski definition) is 2. The summed E-state index contributed by atoms with van der Waals surface area (Å²) >= 11 is 6.27. The number of carbonyl (C=O) groups excluding carboxylic acids is 2. The number of ether oxygens (including phenoxy) is 2. The van der Waals surface area contributed by atoms with Crippen LogP contribution in [0.25, 0.3) is 0 Å². The van der Waals surface area contributed by atoms with Crippen molar-refractivity contribution in [2.75, 3.05) is 33.9 Å². The fourth-order valence-corrected chi connectivity index (χ4v) is 3.29. The highest BCUT2D eigenvalue weighted by atomic mass is 35.5. The predicted octanol–water partition coefficient (Wildman–Crippen LogP) is 3.67. The van der Waals surface area contributed by atoms with Gasteiger partial charge in [-0.3, -0.25) is 4.79 Å². The molecule has 0 saturated heterocycles. The molecule has 0 aliphatic carbocycles. The zero-order valence-electron chi connectivity index (χ0n) is 18.8. The molecule has 8 heteroatoms. The molecule has 0 saturated carbocycles. The molecule has 0 unspecified atom stereocenters. The van der Waals surface area contributed by atoms with Crippen molar-refractivity contribution in [2.45, 2.75) is 32.2 Å². The summed E-state index contributed by atoms with van der Waals surface area (Å²) in [5.41, 5.74) is 0.823. The van der Waals surface area contributed by atoms with Crippen molar-refractivity contribution >= 4 is 23.5 Å². The maximum Gasteiger partial charge on any atom is 0.328 e. The Kier molecular flexibility index (Phi) is 10.3. The van der Waals surface area contributed by atoms with Crippen molar-refractivity contribution in [3.05, 3.63) is 58.6 Å². The Balaban J connectivity index is 2.07. The molecule has 2 aromatic carbocycles. The molecule has 2 aromatic rings. The van der Waals surface area contributed by atoms with Gasteiger partial charge in [-0.1, -0.05) is 41.9 Å². The lowest BCUT2D eigenvalue weighted by atomic mass is 10.1. The second-order valence-corrected chi connectivity index (χ2v) is 8.03. The molecule has 0 aromatic heterocycles. The minimum atomic E-state index is -0.907. The number of phenolic OH excluding ortho intramolecular Hbond substituents is 1. The van der Waals surface area contributed by atoms with Crippen LogP contribution >= 0.6 is 11.6 Å². The fraction of sp³-hybridized carbons (Fsp3) is 0.417. The number of benzene rings is 2. The maximum atomic E-state index is 12.8. The molecule has 32 heavy (non-hydrogen) atoms. The van der Waals surface area contributed by atoms with Gasteiger partial charge in [-0.2, -0.15) is 0 Å². The van der Waals surface area contributed by atoms with Gasteiger partial charge < -0.3 is 24.8 Å². The standard InChI is InChI=1S/C24H31ClN2O5/c1-4-31-24(30)20(14-17-10-6-5-7-11-17)26-23(29)18-15-19(25)22(16-21(18)28)32-13-9-8-12-27(2)3/h5-7,10-11,15-16,20,28H,4,8-9,12-14H2,1-3H3,(H,26,29)/t20-/m1/s1. The number of unbranched alkanes of at least 4 members (excludes halogenated alkanes) is 1. The first-order valence-electron chi connectivity index (χ1n) is 10.6. The van der Waals surface area contributed by atoms with Crippen LogP contribution in [0.2, 0.25) is 5.02 Å². The minimum Gasteiger partial charge on any atom is -0.507 e. The Morgan fingerprint density at radius 2 is 1.88 bits per heavy atom. The third-order valence-corrected chi connectivity index (χ3v) is 5.01. The summed E-state index contributed by atoms with van der Waals surface area (Å²) in [4.78, 5) is 27.3. The lowest BCUT2D eigenvalue weighted by Crippen LogP contribution is -2.43. The summed E-state index contributed by atoms with van der Waals surface area (Å²) in [5.74, 6) is -1.15. The largest absolute Gasteiger partial charge is 0.507 e. The summed E-state index contributed by atoms with van der Waals surface area (Å²) in [6.07, 6.45) is 2.06. The van der Waals surface area contributed by atoms with Crippen molar-refractivity contribution in [1.82, 2.24) is 10.2 Å². The molecule has 0 bridgehead atoms. The quantitative estimate of drug-likeness (QED) is 0.369. The minimum absolute atomic E-state index is 0.0442. The zero-order chi connectivity index (χ0) is 23.5. The first-order valence-corrected chi connectivity index (χ1v) is 11.0. The van der Waals surface area contributed by atoms with Crippen molar-refractivity contribution in [3.63, 3.8) is 0 Å².